The Morgan fingerprint density at radius 3 is 2.66 bits per heavy atom. The molecule has 10 heteroatoms. The van der Waals surface area contributed by atoms with Crippen LogP contribution in [-0.2, 0) is 4.74 Å². The molecule has 0 aliphatic carbocycles. The minimum Gasteiger partial charge on any atom is -0.496 e. The number of nitrogens with one attached hydrogen (secondary N) is 1. The van der Waals surface area contributed by atoms with Crippen molar-refractivity contribution in [2.75, 3.05) is 72.8 Å². The van der Waals surface area contributed by atoms with Gasteiger partial charge in [0.05, 0.1) is 36.1 Å². The van der Waals surface area contributed by atoms with Crippen LogP contribution in [-0.4, -0.2) is 99.8 Å². The normalized spacial score (nSPS) is 20.1. The monoisotopic (exact) mass is 467 g/mol. The van der Waals surface area contributed by atoms with Crippen LogP contribution in [0.3, 0.4) is 0 Å². The molecular formula is C22H34ClN5O4. The molecule has 2 saturated heterocycles. The summed E-state index contributed by atoms with van der Waals surface area (Å²) in [4.78, 5) is 30.7. The maximum absolute atomic E-state index is 12.7. The molecule has 3 rings (SSSR count). The molecule has 2 heterocycles. The lowest BCUT2D eigenvalue weighted by Gasteiger charge is -2.38. The summed E-state index contributed by atoms with van der Waals surface area (Å²) in [7, 11) is 5.07. The Bertz CT molecular complexity index is 814. The number of halogens is 1. The first-order valence-electron chi connectivity index (χ1n) is 11.0. The van der Waals surface area contributed by atoms with Crippen molar-refractivity contribution in [2.45, 2.75) is 18.9 Å². The van der Waals surface area contributed by atoms with Crippen LogP contribution in [0.5, 0.6) is 5.75 Å². The van der Waals surface area contributed by atoms with Gasteiger partial charge in [-0.25, -0.2) is 4.79 Å². The molecule has 2 aliphatic rings. The number of carbonyl (C=O) groups excluding carboxylic acids is 2. The SMILES string of the molecule is COc1cc(N)c(Cl)cc1C(=O)NCC1CN(CC2CCN(C(=O)N(C)C)CC2)CCO1. The fraction of sp³-hybridized carbons (Fsp3) is 0.636. The van der Waals surface area contributed by atoms with Gasteiger partial charge in [-0.15, -0.1) is 0 Å². The zero-order valence-corrected chi connectivity index (χ0v) is 19.9. The number of nitrogens with zero attached hydrogens (tertiary/aromatic N) is 3. The van der Waals surface area contributed by atoms with E-state index in [9.17, 15) is 9.59 Å². The van der Waals surface area contributed by atoms with E-state index in [1.165, 1.54) is 13.2 Å². The van der Waals surface area contributed by atoms with Crippen molar-refractivity contribution in [2.24, 2.45) is 5.92 Å². The molecule has 3 N–H and O–H groups in total. The molecular weight excluding hydrogens is 434 g/mol. The smallest absolute Gasteiger partial charge is 0.319 e. The van der Waals surface area contributed by atoms with Crippen LogP contribution in [0, 0.1) is 5.92 Å². The van der Waals surface area contributed by atoms with E-state index in [4.69, 9.17) is 26.8 Å². The molecule has 1 atom stereocenters. The first-order valence-corrected chi connectivity index (χ1v) is 11.4. The number of morpholine rings is 1. The molecule has 178 valence electrons. The first kappa shape index (κ1) is 24.4. The Labute approximate surface area is 194 Å². The number of urea groups is 1. The number of piperidine rings is 1. The predicted octanol–water partition coefficient (Wildman–Crippen LogP) is 1.76. The summed E-state index contributed by atoms with van der Waals surface area (Å²) in [6.45, 7) is 5.26. The van der Waals surface area contributed by atoms with Gasteiger partial charge < -0.3 is 30.3 Å². The van der Waals surface area contributed by atoms with Crippen LogP contribution >= 0.6 is 11.6 Å². The first-order chi connectivity index (χ1) is 15.3. The number of nitrogens with two attached hydrogens (primary N) is 1. The Morgan fingerprint density at radius 2 is 2.00 bits per heavy atom. The zero-order chi connectivity index (χ0) is 23.3. The fourth-order valence-electron chi connectivity index (χ4n) is 4.24. The number of ether oxygens (including phenoxy) is 2. The van der Waals surface area contributed by atoms with Gasteiger partial charge in [0.1, 0.15) is 5.75 Å². The maximum Gasteiger partial charge on any atom is 0.319 e. The van der Waals surface area contributed by atoms with Crippen molar-refractivity contribution < 1.29 is 19.1 Å². The van der Waals surface area contributed by atoms with Crippen LogP contribution in [0.2, 0.25) is 5.02 Å². The fourth-order valence-corrected chi connectivity index (χ4v) is 4.41. The number of anilines is 1. The molecule has 0 aromatic heterocycles. The van der Waals surface area contributed by atoms with Crippen molar-refractivity contribution in [3.63, 3.8) is 0 Å². The van der Waals surface area contributed by atoms with Crippen molar-refractivity contribution in [1.82, 2.24) is 20.0 Å². The number of rotatable bonds is 6. The third-order valence-electron chi connectivity index (χ3n) is 6.06. The highest BCUT2D eigenvalue weighted by molar-refractivity contribution is 6.33. The van der Waals surface area contributed by atoms with Gasteiger partial charge in [0.15, 0.2) is 0 Å². The van der Waals surface area contributed by atoms with E-state index in [1.807, 2.05) is 4.90 Å². The minimum atomic E-state index is -0.276. The summed E-state index contributed by atoms with van der Waals surface area (Å²) >= 11 is 6.07. The van der Waals surface area contributed by atoms with Crippen LogP contribution in [0.25, 0.3) is 0 Å². The lowest BCUT2D eigenvalue weighted by atomic mass is 9.96. The van der Waals surface area contributed by atoms with Gasteiger partial charge in [0, 0.05) is 59.4 Å². The predicted molar refractivity (Wildman–Crippen MR) is 124 cm³/mol. The quantitative estimate of drug-likeness (QED) is 0.618. The number of likely N-dealkylation sites (tertiary alicyclic amines) is 1. The molecule has 1 unspecified atom stereocenters. The van der Waals surface area contributed by atoms with Crippen molar-refractivity contribution in [3.05, 3.63) is 22.7 Å². The van der Waals surface area contributed by atoms with Crippen molar-refractivity contribution >= 4 is 29.2 Å². The molecule has 3 amide bonds. The van der Waals surface area contributed by atoms with Gasteiger partial charge in [-0.2, -0.15) is 0 Å². The topological polar surface area (TPSA) is 100 Å². The van der Waals surface area contributed by atoms with Gasteiger partial charge in [-0.1, -0.05) is 11.6 Å². The summed E-state index contributed by atoms with van der Waals surface area (Å²) in [5.41, 5.74) is 6.50. The molecule has 0 spiro atoms. The summed E-state index contributed by atoms with van der Waals surface area (Å²) < 4.78 is 11.1. The van der Waals surface area contributed by atoms with Crippen LogP contribution < -0.4 is 15.8 Å². The van der Waals surface area contributed by atoms with E-state index in [2.05, 4.69) is 10.2 Å². The van der Waals surface area contributed by atoms with E-state index in [0.29, 0.717) is 41.1 Å². The molecule has 32 heavy (non-hydrogen) atoms. The lowest BCUT2D eigenvalue weighted by Crippen LogP contribution is -2.50. The number of amides is 3. The zero-order valence-electron chi connectivity index (χ0n) is 19.1. The van der Waals surface area contributed by atoms with E-state index in [1.54, 1.807) is 25.1 Å². The summed E-state index contributed by atoms with van der Waals surface area (Å²) in [5, 5.41) is 3.24. The van der Waals surface area contributed by atoms with E-state index < -0.39 is 0 Å². The molecule has 0 bridgehead atoms. The van der Waals surface area contributed by atoms with Gasteiger partial charge in [0.2, 0.25) is 0 Å². The standard InChI is InChI=1S/C22H34ClN5O4/c1-26(2)22(30)28-6-4-15(5-7-28)13-27-8-9-32-16(14-27)12-25-21(29)17-10-18(23)19(24)11-20(17)31-3/h10-11,15-16H,4-9,12-14,24H2,1-3H3,(H,25,29). The highest BCUT2D eigenvalue weighted by Crippen LogP contribution is 2.28. The second kappa shape index (κ2) is 11.1. The highest BCUT2D eigenvalue weighted by Gasteiger charge is 2.28. The van der Waals surface area contributed by atoms with E-state index >= 15 is 0 Å². The van der Waals surface area contributed by atoms with Gasteiger partial charge in [-0.3, -0.25) is 9.69 Å². The Balaban J connectivity index is 1.46. The second-order valence-corrected chi connectivity index (χ2v) is 9.05. The number of benzene rings is 1. The molecule has 9 nitrogen and oxygen atoms in total. The molecule has 2 aliphatic heterocycles. The number of hydrogen-bond donors (Lipinski definition) is 2. The molecule has 0 radical (unpaired) electrons. The second-order valence-electron chi connectivity index (χ2n) is 8.64. The lowest BCUT2D eigenvalue weighted by molar-refractivity contribution is -0.0331. The Hall–Kier alpha value is -2.23. The van der Waals surface area contributed by atoms with Crippen LogP contribution in [0.1, 0.15) is 23.2 Å². The third kappa shape index (κ3) is 6.17. The summed E-state index contributed by atoms with van der Waals surface area (Å²) in [6.07, 6.45) is 1.94. The van der Waals surface area contributed by atoms with Gasteiger partial charge in [-0.05, 0) is 24.8 Å². The van der Waals surface area contributed by atoms with Gasteiger partial charge >= 0.3 is 6.03 Å². The highest BCUT2D eigenvalue weighted by atomic mass is 35.5. The largest absolute Gasteiger partial charge is 0.496 e. The third-order valence-corrected chi connectivity index (χ3v) is 6.39. The number of methoxy groups -OCH3 is 1. The Kier molecular flexibility index (Phi) is 8.44. The average molecular weight is 468 g/mol. The maximum atomic E-state index is 12.7. The molecule has 1 aromatic rings. The van der Waals surface area contributed by atoms with Crippen LogP contribution in [0.4, 0.5) is 10.5 Å². The summed E-state index contributed by atoms with van der Waals surface area (Å²) in [6, 6.07) is 3.16. The summed E-state index contributed by atoms with van der Waals surface area (Å²) in [5.74, 6) is 0.674. The number of carbonyl (C=O) groups is 2. The minimum absolute atomic E-state index is 0.0849. The number of hydrogen-bond acceptors (Lipinski definition) is 6. The van der Waals surface area contributed by atoms with Crippen LogP contribution in [0.15, 0.2) is 12.1 Å². The van der Waals surface area contributed by atoms with Crippen molar-refractivity contribution in [1.29, 1.82) is 0 Å². The van der Waals surface area contributed by atoms with Gasteiger partial charge in [0.25, 0.3) is 5.91 Å². The molecule has 1 aromatic carbocycles. The molecule has 0 saturated carbocycles. The molecule has 2 fully saturated rings. The van der Waals surface area contributed by atoms with Crippen molar-refractivity contribution in [3.8, 4) is 5.75 Å². The van der Waals surface area contributed by atoms with E-state index in [-0.39, 0.29) is 18.0 Å². The Morgan fingerprint density at radius 1 is 1.28 bits per heavy atom. The van der Waals surface area contributed by atoms with E-state index in [0.717, 1.165) is 45.6 Å². The number of nitrogen functional groups attached to an aromatic ring is 1. The average Bonchev–Trinajstić information content (AvgIpc) is 2.79.